The van der Waals surface area contributed by atoms with E-state index in [1.165, 1.54) is 0 Å². The molecule has 1 aromatic rings. The Bertz CT molecular complexity index is 543. The van der Waals surface area contributed by atoms with E-state index >= 15 is 0 Å². The van der Waals surface area contributed by atoms with E-state index in [1.54, 1.807) is 24.3 Å². The Morgan fingerprint density at radius 1 is 1.24 bits per heavy atom. The number of imide groups is 1. The third-order valence-corrected chi connectivity index (χ3v) is 3.07. The van der Waals surface area contributed by atoms with Crippen LogP contribution < -0.4 is 11.1 Å². The number of rotatable bonds is 5. The van der Waals surface area contributed by atoms with Crippen molar-refractivity contribution in [3.63, 3.8) is 0 Å². The molecule has 1 saturated heterocycles. The summed E-state index contributed by atoms with van der Waals surface area (Å²) in [5, 5.41) is 2.69. The van der Waals surface area contributed by atoms with E-state index in [1.807, 2.05) is 0 Å². The molecule has 0 bridgehead atoms. The van der Waals surface area contributed by atoms with E-state index in [9.17, 15) is 14.4 Å². The fourth-order valence-electron chi connectivity index (χ4n) is 1.99. The number of ether oxygens (including phenoxy) is 1. The second kappa shape index (κ2) is 6.85. The Hall–Kier alpha value is -2.41. The van der Waals surface area contributed by atoms with Crippen LogP contribution in [0.25, 0.3) is 0 Å². The topological polar surface area (TPSA) is 102 Å². The molecule has 7 nitrogen and oxygen atoms in total. The number of nitrogens with zero attached hydrogens (tertiary/aromatic N) is 1. The number of nitrogens with one attached hydrogen (secondary N) is 1. The van der Waals surface area contributed by atoms with Crippen molar-refractivity contribution in [1.29, 1.82) is 0 Å². The second-order valence-electron chi connectivity index (χ2n) is 4.67. The van der Waals surface area contributed by atoms with Gasteiger partial charge in [0.05, 0.1) is 11.4 Å². The van der Waals surface area contributed by atoms with Crippen molar-refractivity contribution in [3.05, 3.63) is 24.3 Å². The van der Waals surface area contributed by atoms with Gasteiger partial charge in [0.2, 0.25) is 5.91 Å². The summed E-state index contributed by atoms with van der Waals surface area (Å²) in [5.74, 6) is -0.931. The Morgan fingerprint density at radius 3 is 2.57 bits per heavy atom. The lowest BCUT2D eigenvalue weighted by Gasteiger charge is -2.24. The lowest BCUT2D eigenvalue weighted by molar-refractivity contribution is -0.158. The molecule has 7 heteroatoms. The van der Waals surface area contributed by atoms with Crippen molar-refractivity contribution >= 4 is 29.1 Å². The van der Waals surface area contributed by atoms with E-state index < -0.39 is 0 Å². The van der Waals surface area contributed by atoms with Gasteiger partial charge < -0.3 is 15.8 Å². The highest BCUT2D eigenvalue weighted by Crippen LogP contribution is 2.17. The van der Waals surface area contributed by atoms with Gasteiger partial charge in [0, 0.05) is 13.0 Å². The molecule has 1 aliphatic heterocycles. The van der Waals surface area contributed by atoms with Crippen LogP contribution in [0.2, 0.25) is 0 Å². The van der Waals surface area contributed by atoms with E-state index in [0.717, 1.165) is 4.90 Å². The van der Waals surface area contributed by atoms with Gasteiger partial charge in [-0.15, -0.1) is 0 Å². The fourth-order valence-corrected chi connectivity index (χ4v) is 1.99. The Labute approximate surface area is 122 Å². The Balaban J connectivity index is 1.78. The molecule has 2 rings (SSSR count). The lowest BCUT2D eigenvalue weighted by Crippen LogP contribution is -2.46. The minimum Gasteiger partial charge on any atom is -0.397 e. The van der Waals surface area contributed by atoms with Crippen LogP contribution in [0.3, 0.4) is 0 Å². The normalized spacial score (nSPS) is 15.1. The molecule has 3 amide bonds. The predicted molar refractivity (Wildman–Crippen MR) is 76.3 cm³/mol. The van der Waals surface area contributed by atoms with E-state index in [4.69, 9.17) is 10.5 Å². The number of amides is 3. The third kappa shape index (κ3) is 4.03. The molecule has 0 radical (unpaired) electrons. The molecule has 0 saturated carbocycles. The van der Waals surface area contributed by atoms with Crippen LogP contribution in [0.5, 0.6) is 0 Å². The van der Waals surface area contributed by atoms with Gasteiger partial charge in [0.1, 0.15) is 13.2 Å². The molecule has 3 N–H and O–H groups in total. The summed E-state index contributed by atoms with van der Waals surface area (Å²) >= 11 is 0. The Morgan fingerprint density at radius 2 is 1.90 bits per heavy atom. The van der Waals surface area contributed by atoms with Crippen LogP contribution in [-0.4, -0.2) is 42.4 Å². The molecule has 21 heavy (non-hydrogen) atoms. The zero-order valence-electron chi connectivity index (χ0n) is 11.5. The maximum Gasteiger partial charge on any atom is 0.255 e. The van der Waals surface area contributed by atoms with Crippen LogP contribution in [0, 0.1) is 0 Å². The van der Waals surface area contributed by atoms with Gasteiger partial charge in [-0.05, 0) is 18.6 Å². The lowest BCUT2D eigenvalue weighted by atomic mass is 10.2. The number of hydrogen-bond donors (Lipinski definition) is 2. The average molecular weight is 291 g/mol. The number of nitrogens with two attached hydrogens (primary N) is 1. The largest absolute Gasteiger partial charge is 0.397 e. The van der Waals surface area contributed by atoms with Gasteiger partial charge in [-0.25, -0.2) is 0 Å². The number of anilines is 2. The molecular formula is C14H17N3O4. The van der Waals surface area contributed by atoms with Gasteiger partial charge in [-0.2, -0.15) is 0 Å². The summed E-state index contributed by atoms with van der Waals surface area (Å²) in [4.78, 5) is 35.9. The van der Waals surface area contributed by atoms with Crippen molar-refractivity contribution in [2.45, 2.75) is 12.8 Å². The average Bonchev–Trinajstić information content (AvgIpc) is 2.45. The maximum absolute atomic E-state index is 11.8. The van der Waals surface area contributed by atoms with Gasteiger partial charge in [0.15, 0.2) is 0 Å². The van der Waals surface area contributed by atoms with Crippen molar-refractivity contribution in [2.75, 3.05) is 30.8 Å². The Kier molecular flexibility index (Phi) is 4.89. The minimum atomic E-state index is -0.362. The first-order valence-corrected chi connectivity index (χ1v) is 6.63. The zero-order valence-corrected chi connectivity index (χ0v) is 11.5. The highest BCUT2D eigenvalue weighted by atomic mass is 16.5. The predicted octanol–water partition coefficient (Wildman–Crippen LogP) is 0.373. The van der Waals surface area contributed by atoms with Crippen molar-refractivity contribution in [2.24, 2.45) is 0 Å². The maximum atomic E-state index is 11.8. The van der Waals surface area contributed by atoms with Gasteiger partial charge in [-0.1, -0.05) is 12.1 Å². The molecule has 112 valence electrons. The van der Waals surface area contributed by atoms with Crippen LogP contribution >= 0.6 is 0 Å². The fraction of sp³-hybridized carbons (Fsp3) is 0.357. The van der Waals surface area contributed by atoms with E-state index in [2.05, 4.69) is 5.32 Å². The number of nitrogen functional groups attached to an aromatic ring is 1. The summed E-state index contributed by atoms with van der Waals surface area (Å²) in [6, 6.07) is 6.96. The third-order valence-electron chi connectivity index (χ3n) is 3.07. The van der Waals surface area contributed by atoms with Crippen LogP contribution in [0.1, 0.15) is 12.8 Å². The summed E-state index contributed by atoms with van der Waals surface area (Å²) in [6.45, 7) is 0.0513. The summed E-state index contributed by atoms with van der Waals surface area (Å²) in [5.41, 5.74) is 6.77. The number of benzene rings is 1. The molecular weight excluding hydrogens is 274 g/mol. The summed E-state index contributed by atoms with van der Waals surface area (Å²) in [7, 11) is 0. The van der Waals surface area contributed by atoms with Crippen LogP contribution in [-0.2, 0) is 19.1 Å². The smallest absolute Gasteiger partial charge is 0.255 e. The molecule has 0 unspecified atom stereocenters. The zero-order chi connectivity index (χ0) is 15.2. The molecule has 1 aromatic carbocycles. The monoisotopic (exact) mass is 291 g/mol. The summed E-state index contributed by atoms with van der Waals surface area (Å²) in [6.07, 6.45) is 0.600. The van der Waals surface area contributed by atoms with Crippen LogP contribution in [0.4, 0.5) is 11.4 Å². The van der Waals surface area contributed by atoms with Crippen molar-refractivity contribution in [3.8, 4) is 0 Å². The first-order valence-electron chi connectivity index (χ1n) is 6.63. The first kappa shape index (κ1) is 15.0. The van der Waals surface area contributed by atoms with Crippen LogP contribution in [0.15, 0.2) is 24.3 Å². The highest BCUT2D eigenvalue weighted by Gasteiger charge is 2.26. The highest BCUT2D eigenvalue weighted by molar-refractivity contribution is 5.98. The van der Waals surface area contributed by atoms with Gasteiger partial charge in [-0.3, -0.25) is 19.3 Å². The quantitative estimate of drug-likeness (QED) is 0.603. The molecule has 0 atom stereocenters. The SMILES string of the molecule is Nc1ccccc1NC(=O)CCCN1C(=O)COCC1=O. The molecule has 0 aliphatic carbocycles. The van der Waals surface area contributed by atoms with E-state index in [-0.39, 0.29) is 43.9 Å². The number of morpholine rings is 1. The molecule has 1 fully saturated rings. The first-order chi connectivity index (χ1) is 10.1. The van der Waals surface area contributed by atoms with Crippen molar-refractivity contribution in [1.82, 2.24) is 4.90 Å². The summed E-state index contributed by atoms with van der Waals surface area (Å²) < 4.78 is 4.81. The molecule has 0 aromatic heterocycles. The number of hydrogen-bond acceptors (Lipinski definition) is 5. The number of carbonyl (C=O) groups excluding carboxylic acids is 3. The standard InChI is InChI=1S/C14H17N3O4/c15-10-4-1-2-5-11(10)16-12(18)6-3-7-17-13(19)8-21-9-14(17)20/h1-2,4-5H,3,6-9,15H2,(H,16,18). The molecule has 1 heterocycles. The number of para-hydroxylation sites is 2. The molecule has 1 aliphatic rings. The minimum absolute atomic E-state index is 0.0848. The van der Waals surface area contributed by atoms with Gasteiger partial charge in [0.25, 0.3) is 11.8 Å². The number of carbonyl (C=O) groups is 3. The van der Waals surface area contributed by atoms with Crippen molar-refractivity contribution < 1.29 is 19.1 Å². The molecule has 0 spiro atoms. The second-order valence-corrected chi connectivity index (χ2v) is 4.67. The van der Waals surface area contributed by atoms with Gasteiger partial charge >= 0.3 is 0 Å². The van der Waals surface area contributed by atoms with E-state index in [0.29, 0.717) is 17.8 Å².